The fourth-order valence-electron chi connectivity index (χ4n) is 2.81. The number of anilines is 2. The summed E-state index contributed by atoms with van der Waals surface area (Å²) in [6.07, 6.45) is -11.8. The molecule has 0 aliphatic heterocycles. The highest BCUT2D eigenvalue weighted by molar-refractivity contribution is 5.58. The minimum atomic E-state index is -5.92. The lowest BCUT2D eigenvalue weighted by Gasteiger charge is -2.23. The number of nitrogen functional groups attached to an aromatic ring is 2. The van der Waals surface area contributed by atoms with E-state index in [1.54, 1.807) is 0 Å². The maximum absolute atomic E-state index is 14.5. The average Bonchev–Trinajstić information content (AvgIpc) is 2.72. The smallest absolute Gasteiger partial charge is 0.423 e. The van der Waals surface area contributed by atoms with Gasteiger partial charge in [-0.1, -0.05) is 0 Å². The molecule has 3 rings (SSSR count). The molecule has 0 aliphatic rings. The van der Waals surface area contributed by atoms with Gasteiger partial charge in [0, 0.05) is 6.07 Å². The van der Waals surface area contributed by atoms with Gasteiger partial charge in [0.2, 0.25) is 11.5 Å². The predicted octanol–water partition coefficient (Wildman–Crippen LogP) is 7.17. The summed E-state index contributed by atoms with van der Waals surface area (Å²) in [7, 11) is 0. The molecule has 0 saturated heterocycles. The highest BCUT2D eigenvalue weighted by Gasteiger charge is 2.48. The van der Waals surface area contributed by atoms with E-state index in [0.29, 0.717) is 24.3 Å². The first kappa shape index (κ1) is 25.7. The third-order valence-electron chi connectivity index (χ3n) is 4.34. The Morgan fingerprint density at radius 1 is 0.543 bits per heavy atom. The van der Waals surface area contributed by atoms with E-state index >= 15 is 0 Å². The molecule has 35 heavy (non-hydrogen) atoms. The van der Waals surface area contributed by atoms with E-state index in [-0.39, 0.29) is 0 Å². The molecule has 0 radical (unpaired) electrons. The van der Waals surface area contributed by atoms with Gasteiger partial charge in [-0.25, -0.2) is 22.0 Å². The topological polar surface area (TPSA) is 70.5 Å². The van der Waals surface area contributed by atoms with Crippen molar-refractivity contribution in [3.05, 3.63) is 70.5 Å². The van der Waals surface area contributed by atoms with Crippen LogP contribution in [0.15, 0.2) is 30.3 Å². The summed E-state index contributed by atoms with van der Waals surface area (Å²) in [5, 5.41) is 0. The molecule has 0 unspecified atom stereocenters. The monoisotopic (exact) mass is 518 g/mol. The van der Waals surface area contributed by atoms with Gasteiger partial charge in [-0.3, -0.25) is 0 Å². The summed E-state index contributed by atoms with van der Waals surface area (Å²) >= 11 is 0. The van der Waals surface area contributed by atoms with Crippen LogP contribution in [0.1, 0.15) is 11.1 Å². The number of halogens is 11. The first-order valence-corrected chi connectivity index (χ1v) is 8.87. The molecule has 3 aromatic carbocycles. The van der Waals surface area contributed by atoms with Gasteiger partial charge >= 0.3 is 12.4 Å². The lowest BCUT2D eigenvalue weighted by Crippen LogP contribution is -2.18. The summed E-state index contributed by atoms with van der Waals surface area (Å²) in [6, 6.07) is 1.54. The Labute approximate surface area is 187 Å². The molecule has 0 bridgehead atoms. The fraction of sp³-hybridized carbons (Fsp3) is 0.100. The van der Waals surface area contributed by atoms with Crippen LogP contribution < -0.4 is 20.9 Å². The zero-order chi connectivity index (χ0) is 26.5. The highest BCUT2D eigenvalue weighted by Crippen LogP contribution is 2.52. The molecule has 0 saturated carbocycles. The number of nitrogens with two attached hydrogens (primary N) is 2. The van der Waals surface area contributed by atoms with Gasteiger partial charge in [0.1, 0.15) is 22.7 Å². The molecule has 0 atom stereocenters. The van der Waals surface area contributed by atoms with Crippen LogP contribution in [0.3, 0.4) is 0 Å². The second kappa shape index (κ2) is 8.70. The summed E-state index contributed by atoms with van der Waals surface area (Å²) in [5.74, 6) is -17.6. The van der Waals surface area contributed by atoms with Crippen LogP contribution in [0.2, 0.25) is 0 Å². The standard InChI is InChI=1S/C20H9F11N2O2/c21-6-1-3-9(32)14(24)16(6)34-11-5-8(23)12(19(26,27)28)18(13(11)20(29,30)31)35-17-7(22)2-4-10(33)15(17)25/h1-5H,32-33H2. The van der Waals surface area contributed by atoms with Crippen LogP contribution in [0.4, 0.5) is 59.7 Å². The lowest BCUT2D eigenvalue weighted by atomic mass is 10.0. The largest absolute Gasteiger partial charge is 0.450 e. The van der Waals surface area contributed by atoms with Crippen LogP contribution in [-0.2, 0) is 12.4 Å². The van der Waals surface area contributed by atoms with Gasteiger partial charge in [0.25, 0.3) is 0 Å². The second-order valence-electron chi connectivity index (χ2n) is 6.69. The quantitative estimate of drug-likeness (QED) is 0.284. The van der Waals surface area contributed by atoms with Crippen molar-refractivity contribution in [2.24, 2.45) is 0 Å². The maximum Gasteiger partial charge on any atom is 0.423 e. The van der Waals surface area contributed by atoms with Crippen molar-refractivity contribution in [2.45, 2.75) is 12.4 Å². The van der Waals surface area contributed by atoms with E-state index in [4.69, 9.17) is 11.5 Å². The van der Waals surface area contributed by atoms with Crippen LogP contribution in [0.25, 0.3) is 0 Å². The second-order valence-corrected chi connectivity index (χ2v) is 6.69. The third-order valence-corrected chi connectivity index (χ3v) is 4.34. The third kappa shape index (κ3) is 4.83. The van der Waals surface area contributed by atoms with Crippen LogP contribution in [0.5, 0.6) is 23.0 Å². The van der Waals surface area contributed by atoms with Gasteiger partial charge in [0.15, 0.2) is 29.0 Å². The molecular weight excluding hydrogens is 509 g/mol. The van der Waals surface area contributed by atoms with Gasteiger partial charge < -0.3 is 20.9 Å². The van der Waals surface area contributed by atoms with Crippen molar-refractivity contribution >= 4 is 11.4 Å². The zero-order valence-electron chi connectivity index (χ0n) is 16.5. The molecule has 0 fully saturated rings. The Morgan fingerprint density at radius 2 is 0.971 bits per heavy atom. The number of benzene rings is 3. The number of rotatable bonds is 4. The Bertz CT molecular complexity index is 1300. The SMILES string of the molecule is Nc1ccc(F)c(Oc2cc(F)c(C(F)(F)F)c(Oc3c(F)ccc(N)c3F)c2C(F)(F)F)c1F. The Balaban J connectivity index is 2.40. The van der Waals surface area contributed by atoms with Crippen molar-refractivity contribution in [3.63, 3.8) is 0 Å². The number of hydrogen-bond donors (Lipinski definition) is 2. The fourth-order valence-corrected chi connectivity index (χ4v) is 2.81. The summed E-state index contributed by atoms with van der Waals surface area (Å²) in [4.78, 5) is 0. The molecule has 188 valence electrons. The summed E-state index contributed by atoms with van der Waals surface area (Å²) < 4.78 is 162. The molecule has 4 nitrogen and oxygen atoms in total. The molecular formula is C20H9F11N2O2. The van der Waals surface area contributed by atoms with E-state index in [9.17, 15) is 48.3 Å². The van der Waals surface area contributed by atoms with E-state index < -0.39 is 93.0 Å². The first-order chi connectivity index (χ1) is 16.0. The van der Waals surface area contributed by atoms with Gasteiger partial charge in [0.05, 0.1) is 11.4 Å². The highest BCUT2D eigenvalue weighted by atomic mass is 19.4. The molecule has 0 amide bonds. The number of ether oxygens (including phenoxy) is 2. The van der Waals surface area contributed by atoms with Crippen LogP contribution in [0, 0.1) is 29.1 Å². The van der Waals surface area contributed by atoms with Crippen LogP contribution in [-0.4, -0.2) is 0 Å². The van der Waals surface area contributed by atoms with E-state index in [0.717, 1.165) is 0 Å². The maximum atomic E-state index is 14.5. The number of alkyl halides is 6. The Kier molecular flexibility index (Phi) is 6.39. The molecule has 0 aliphatic carbocycles. The zero-order valence-corrected chi connectivity index (χ0v) is 16.5. The summed E-state index contributed by atoms with van der Waals surface area (Å²) in [6.45, 7) is 0. The van der Waals surface area contributed by atoms with Gasteiger partial charge in [-0.05, 0) is 24.3 Å². The molecule has 4 N–H and O–H groups in total. The van der Waals surface area contributed by atoms with Crippen LogP contribution >= 0.6 is 0 Å². The normalized spacial score (nSPS) is 12.1. The van der Waals surface area contributed by atoms with Gasteiger partial charge in [-0.2, -0.15) is 26.3 Å². The first-order valence-electron chi connectivity index (χ1n) is 8.87. The minimum absolute atomic E-state index is 0.350. The predicted molar refractivity (Wildman–Crippen MR) is 98.1 cm³/mol. The van der Waals surface area contributed by atoms with Gasteiger partial charge in [-0.15, -0.1) is 0 Å². The Morgan fingerprint density at radius 3 is 1.40 bits per heavy atom. The van der Waals surface area contributed by atoms with E-state index in [2.05, 4.69) is 9.47 Å². The summed E-state index contributed by atoms with van der Waals surface area (Å²) in [5.41, 5.74) is 3.18. The van der Waals surface area contributed by atoms with E-state index in [1.165, 1.54) is 0 Å². The van der Waals surface area contributed by atoms with Crippen molar-refractivity contribution in [1.82, 2.24) is 0 Å². The molecule has 3 aromatic rings. The molecule has 0 spiro atoms. The molecule has 0 heterocycles. The Hall–Kier alpha value is -3.91. The minimum Gasteiger partial charge on any atom is -0.450 e. The van der Waals surface area contributed by atoms with Crippen molar-refractivity contribution in [1.29, 1.82) is 0 Å². The molecule has 15 heteroatoms. The van der Waals surface area contributed by atoms with Crippen molar-refractivity contribution in [3.8, 4) is 23.0 Å². The average molecular weight is 518 g/mol. The van der Waals surface area contributed by atoms with Crippen molar-refractivity contribution in [2.75, 3.05) is 11.5 Å². The van der Waals surface area contributed by atoms with Crippen molar-refractivity contribution < 1.29 is 57.8 Å². The van der Waals surface area contributed by atoms with E-state index in [1.807, 2.05) is 0 Å². The molecule has 0 aromatic heterocycles. The number of hydrogen-bond acceptors (Lipinski definition) is 4. The lowest BCUT2D eigenvalue weighted by molar-refractivity contribution is -0.147.